The zero-order valence-corrected chi connectivity index (χ0v) is 17.9. The molecule has 8 nitrogen and oxygen atoms in total. The van der Waals surface area contributed by atoms with Crippen LogP contribution >= 0.6 is 0 Å². The lowest BCUT2D eigenvalue weighted by molar-refractivity contribution is 0.00578. The second-order valence-electron chi connectivity index (χ2n) is 9.40. The number of hydrogen-bond acceptors (Lipinski definition) is 7. The first-order valence-electron chi connectivity index (χ1n) is 9.77. The largest absolute Gasteiger partial charge is 0.498 e. The van der Waals surface area contributed by atoms with Crippen molar-refractivity contribution in [2.24, 2.45) is 0 Å². The third kappa shape index (κ3) is 4.47. The Morgan fingerprint density at radius 1 is 1.21 bits per heavy atom. The van der Waals surface area contributed by atoms with Crippen LogP contribution in [0.3, 0.4) is 0 Å². The molecule has 0 saturated carbocycles. The van der Waals surface area contributed by atoms with E-state index >= 15 is 0 Å². The Morgan fingerprint density at radius 2 is 1.79 bits per heavy atom. The average Bonchev–Trinajstić information content (AvgIpc) is 2.81. The predicted octanol–water partition coefficient (Wildman–Crippen LogP) is 1.66. The lowest BCUT2D eigenvalue weighted by Crippen LogP contribution is -2.50. The van der Waals surface area contributed by atoms with Gasteiger partial charge in [0, 0.05) is 37.5 Å². The highest BCUT2D eigenvalue weighted by atomic mass is 16.7. The van der Waals surface area contributed by atoms with E-state index in [0.717, 1.165) is 5.46 Å². The number of aromatic nitrogens is 2. The van der Waals surface area contributed by atoms with E-state index in [-0.39, 0.29) is 12.1 Å². The third-order valence-electron chi connectivity index (χ3n) is 5.36. The van der Waals surface area contributed by atoms with Gasteiger partial charge in [0.2, 0.25) is 0 Å². The maximum Gasteiger partial charge on any atom is 0.498 e. The second kappa shape index (κ2) is 7.28. The number of nitrogens with zero attached hydrogens (tertiary/aromatic N) is 3. The molecular weight excluding hydrogens is 359 g/mol. The number of amides is 1. The standard InChI is InChI=1S/C19H31BN4O4/c1-17(2,3)26-16(25)24-9-8-21-14(12-24)15-22-10-13(11-23-15)20-27-18(4,5)19(6,7)28-20/h10-11,14,21H,8-9,12H2,1-7H3. The van der Waals surface area contributed by atoms with Gasteiger partial charge in [-0.15, -0.1) is 0 Å². The second-order valence-corrected chi connectivity index (χ2v) is 9.40. The fourth-order valence-electron chi connectivity index (χ4n) is 3.04. The number of carbonyl (C=O) groups excluding carboxylic acids is 1. The number of hydrogen-bond donors (Lipinski definition) is 1. The number of nitrogens with one attached hydrogen (secondary N) is 1. The van der Waals surface area contributed by atoms with Gasteiger partial charge in [0.25, 0.3) is 0 Å². The lowest BCUT2D eigenvalue weighted by Gasteiger charge is -2.34. The van der Waals surface area contributed by atoms with Crippen LogP contribution in [0.15, 0.2) is 12.4 Å². The first-order chi connectivity index (χ1) is 12.9. The van der Waals surface area contributed by atoms with Gasteiger partial charge >= 0.3 is 13.2 Å². The summed E-state index contributed by atoms with van der Waals surface area (Å²) in [6.45, 7) is 15.4. The quantitative estimate of drug-likeness (QED) is 0.769. The molecule has 1 atom stereocenters. The summed E-state index contributed by atoms with van der Waals surface area (Å²) in [5, 5.41) is 3.36. The van der Waals surface area contributed by atoms with Gasteiger partial charge in [-0.25, -0.2) is 14.8 Å². The van der Waals surface area contributed by atoms with Crippen LogP contribution in [0.1, 0.15) is 60.3 Å². The van der Waals surface area contributed by atoms with Crippen LogP contribution in [0, 0.1) is 0 Å². The Hall–Kier alpha value is -1.71. The molecule has 2 fully saturated rings. The van der Waals surface area contributed by atoms with Gasteiger partial charge in [0.15, 0.2) is 0 Å². The van der Waals surface area contributed by atoms with E-state index in [1.165, 1.54) is 0 Å². The van der Waals surface area contributed by atoms with Crippen LogP contribution in [0.25, 0.3) is 0 Å². The molecule has 0 radical (unpaired) electrons. The average molecular weight is 390 g/mol. The van der Waals surface area contributed by atoms with Crippen molar-refractivity contribution in [3.8, 4) is 0 Å². The van der Waals surface area contributed by atoms with Crippen molar-refractivity contribution >= 4 is 18.7 Å². The molecule has 1 N–H and O–H groups in total. The molecule has 0 bridgehead atoms. The number of piperazine rings is 1. The zero-order chi connectivity index (χ0) is 20.7. The van der Waals surface area contributed by atoms with Crippen LogP contribution in [0.5, 0.6) is 0 Å². The van der Waals surface area contributed by atoms with Crippen molar-refractivity contribution in [2.75, 3.05) is 19.6 Å². The van der Waals surface area contributed by atoms with Crippen molar-refractivity contribution in [1.29, 1.82) is 0 Å². The molecule has 9 heteroatoms. The van der Waals surface area contributed by atoms with E-state index in [4.69, 9.17) is 14.0 Å². The third-order valence-corrected chi connectivity index (χ3v) is 5.36. The van der Waals surface area contributed by atoms with Crippen molar-refractivity contribution in [1.82, 2.24) is 20.2 Å². The van der Waals surface area contributed by atoms with E-state index in [1.54, 1.807) is 17.3 Å². The Balaban J connectivity index is 1.66. The summed E-state index contributed by atoms with van der Waals surface area (Å²) in [7, 11) is -0.489. The fourth-order valence-corrected chi connectivity index (χ4v) is 3.04. The number of carbonyl (C=O) groups is 1. The zero-order valence-electron chi connectivity index (χ0n) is 17.9. The smallest absolute Gasteiger partial charge is 0.444 e. The summed E-state index contributed by atoms with van der Waals surface area (Å²) in [4.78, 5) is 23.0. The maximum atomic E-state index is 12.3. The molecule has 2 saturated heterocycles. The SMILES string of the molecule is CC(C)(C)OC(=O)N1CCNC(c2ncc(B3OC(C)(C)C(C)(C)O3)cn2)C1. The minimum absolute atomic E-state index is 0.145. The molecule has 154 valence electrons. The highest BCUT2D eigenvalue weighted by Crippen LogP contribution is 2.36. The van der Waals surface area contributed by atoms with E-state index in [9.17, 15) is 4.79 Å². The van der Waals surface area contributed by atoms with Crippen molar-refractivity contribution in [2.45, 2.75) is 71.3 Å². The minimum atomic E-state index is -0.515. The molecule has 1 aromatic rings. The normalized spacial score (nSPS) is 24.3. The Kier molecular flexibility index (Phi) is 5.46. The molecule has 3 heterocycles. The van der Waals surface area contributed by atoms with Crippen molar-refractivity contribution in [3.63, 3.8) is 0 Å². The van der Waals surface area contributed by atoms with Gasteiger partial charge < -0.3 is 24.3 Å². The fraction of sp³-hybridized carbons (Fsp3) is 0.737. The summed E-state index contributed by atoms with van der Waals surface area (Å²) in [5.41, 5.74) is -0.551. The molecule has 0 spiro atoms. The Morgan fingerprint density at radius 3 is 2.32 bits per heavy atom. The molecule has 1 unspecified atom stereocenters. The number of ether oxygens (including phenoxy) is 1. The van der Waals surface area contributed by atoms with Crippen molar-refractivity contribution in [3.05, 3.63) is 18.2 Å². The first-order valence-corrected chi connectivity index (χ1v) is 9.77. The minimum Gasteiger partial charge on any atom is -0.444 e. The predicted molar refractivity (Wildman–Crippen MR) is 106 cm³/mol. The molecule has 1 aromatic heterocycles. The van der Waals surface area contributed by atoms with Gasteiger partial charge in [-0.3, -0.25) is 0 Å². The molecule has 28 heavy (non-hydrogen) atoms. The van der Waals surface area contributed by atoms with Gasteiger partial charge in [0.1, 0.15) is 11.4 Å². The van der Waals surface area contributed by atoms with Gasteiger partial charge in [-0.2, -0.15) is 0 Å². The first kappa shape index (κ1) is 21.0. The summed E-state index contributed by atoms with van der Waals surface area (Å²) < 4.78 is 17.6. The Labute approximate surface area is 167 Å². The highest BCUT2D eigenvalue weighted by molar-refractivity contribution is 6.61. The van der Waals surface area contributed by atoms with Crippen LogP contribution in [-0.4, -0.2) is 64.5 Å². The van der Waals surface area contributed by atoms with E-state index in [0.29, 0.717) is 25.5 Å². The molecule has 3 rings (SSSR count). The van der Waals surface area contributed by atoms with Crippen LogP contribution in [0.4, 0.5) is 4.79 Å². The van der Waals surface area contributed by atoms with Gasteiger partial charge in [-0.05, 0) is 48.5 Å². The maximum absolute atomic E-state index is 12.3. The van der Waals surface area contributed by atoms with Gasteiger partial charge in [-0.1, -0.05) is 0 Å². The molecular formula is C19H31BN4O4. The molecule has 2 aliphatic rings. The van der Waals surface area contributed by atoms with E-state index in [1.807, 2.05) is 48.5 Å². The molecule has 0 aliphatic carbocycles. The van der Waals surface area contributed by atoms with Crippen LogP contribution < -0.4 is 10.8 Å². The van der Waals surface area contributed by atoms with Crippen LogP contribution in [-0.2, 0) is 14.0 Å². The summed E-state index contributed by atoms with van der Waals surface area (Å²) >= 11 is 0. The Bertz CT molecular complexity index is 702. The lowest BCUT2D eigenvalue weighted by atomic mass is 9.81. The van der Waals surface area contributed by atoms with Crippen LogP contribution in [0.2, 0.25) is 0 Å². The van der Waals surface area contributed by atoms with E-state index in [2.05, 4.69) is 15.3 Å². The summed E-state index contributed by atoms with van der Waals surface area (Å²) in [6.07, 6.45) is 3.16. The highest BCUT2D eigenvalue weighted by Gasteiger charge is 2.52. The van der Waals surface area contributed by atoms with Gasteiger partial charge in [0.05, 0.1) is 17.2 Å². The topological polar surface area (TPSA) is 85.8 Å². The summed E-state index contributed by atoms with van der Waals surface area (Å²) in [5.74, 6) is 0.633. The molecule has 2 aliphatic heterocycles. The van der Waals surface area contributed by atoms with Crippen molar-refractivity contribution < 1.29 is 18.8 Å². The monoisotopic (exact) mass is 390 g/mol. The molecule has 1 amide bonds. The number of rotatable bonds is 2. The molecule has 0 aromatic carbocycles. The van der Waals surface area contributed by atoms with E-state index < -0.39 is 23.9 Å². The summed E-state index contributed by atoms with van der Waals surface area (Å²) in [6, 6.07) is -0.145.